The van der Waals surface area contributed by atoms with Crippen LogP contribution in [0, 0.1) is 11.8 Å². The molecule has 1 aliphatic carbocycles. The van der Waals surface area contributed by atoms with Gasteiger partial charge in [0.1, 0.15) is 0 Å². The molecule has 4 nitrogen and oxygen atoms in total. The topological polar surface area (TPSA) is 46.6 Å². The Kier molecular flexibility index (Phi) is 1.63. The van der Waals surface area contributed by atoms with Gasteiger partial charge < -0.3 is 9.64 Å². The number of rotatable bonds is 1. The third-order valence-corrected chi connectivity index (χ3v) is 4.27. The molecule has 2 aliphatic heterocycles. The smallest absolute Gasteiger partial charge is 0.220 e. The molecule has 82 valence electrons. The third-order valence-electron chi connectivity index (χ3n) is 4.27. The molecule has 3 fully saturated rings. The maximum Gasteiger partial charge on any atom is 0.220 e. The largest absolute Gasteiger partial charge is 0.374 e. The van der Waals surface area contributed by atoms with Gasteiger partial charge in [-0.3, -0.25) is 9.59 Å². The Morgan fingerprint density at radius 2 is 2.07 bits per heavy atom. The summed E-state index contributed by atoms with van der Waals surface area (Å²) in [6.07, 6.45) is 1.07. The van der Waals surface area contributed by atoms with E-state index in [1.54, 1.807) is 11.8 Å². The van der Waals surface area contributed by atoms with Crippen LogP contribution < -0.4 is 0 Å². The van der Waals surface area contributed by atoms with Crippen molar-refractivity contribution < 1.29 is 14.3 Å². The molecule has 1 saturated carbocycles. The summed E-state index contributed by atoms with van der Waals surface area (Å²) < 4.78 is 5.61. The molecule has 1 amide bonds. The minimum Gasteiger partial charge on any atom is -0.374 e. The zero-order valence-corrected chi connectivity index (χ0v) is 9.03. The Morgan fingerprint density at radius 1 is 1.40 bits per heavy atom. The summed E-state index contributed by atoms with van der Waals surface area (Å²) in [4.78, 5) is 24.7. The van der Waals surface area contributed by atoms with Gasteiger partial charge in [-0.05, 0) is 6.92 Å². The van der Waals surface area contributed by atoms with Crippen LogP contribution in [0.4, 0.5) is 0 Å². The van der Waals surface area contributed by atoms with E-state index in [0.717, 1.165) is 13.0 Å². The minimum atomic E-state index is -0.215. The number of hydrogen-bond donors (Lipinski definition) is 0. The molecule has 0 aromatic rings. The molecule has 4 atom stereocenters. The first-order valence-corrected chi connectivity index (χ1v) is 5.49. The second kappa shape index (κ2) is 2.61. The summed E-state index contributed by atoms with van der Waals surface area (Å²) >= 11 is 0. The number of ketones is 1. The van der Waals surface area contributed by atoms with Gasteiger partial charge >= 0.3 is 0 Å². The van der Waals surface area contributed by atoms with E-state index in [0.29, 0.717) is 12.5 Å². The molecule has 2 saturated heterocycles. The molecule has 4 heteroatoms. The average Bonchev–Trinajstić information content (AvgIpc) is 2.56. The quantitative estimate of drug-likeness (QED) is 0.620. The number of amides is 1. The van der Waals surface area contributed by atoms with Crippen molar-refractivity contribution in [3.63, 3.8) is 0 Å². The van der Waals surface area contributed by atoms with E-state index in [1.807, 2.05) is 0 Å². The Balaban J connectivity index is 1.85. The number of piperidine rings is 1. The highest BCUT2D eigenvalue weighted by atomic mass is 16.5. The number of carbonyl (C=O) groups excluding carboxylic acids is 2. The van der Waals surface area contributed by atoms with Crippen LogP contribution in [-0.2, 0) is 14.3 Å². The predicted octanol–water partition coefficient (Wildman–Crippen LogP) is 0.211. The monoisotopic (exact) mass is 209 g/mol. The highest BCUT2D eigenvalue weighted by Gasteiger charge is 2.76. The van der Waals surface area contributed by atoms with Crippen molar-refractivity contribution in [1.29, 1.82) is 0 Å². The van der Waals surface area contributed by atoms with E-state index in [4.69, 9.17) is 4.74 Å². The highest BCUT2D eigenvalue weighted by Crippen LogP contribution is 2.66. The van der Waals surface area contributed by atoms with Gasteiger partial charge in [-0.2, -0.15) is 0 Å². The summed E-state index contributed by atoms with van der Waals surface area (Å²) in [7, 11) is 0. The lowest BCUT2D eigenvalue weighted by atomic mass is 9.99. The van der Waals surface area contributed by atoms with E-state index in [2.05, 4.69) is 0 Å². The van der Waals surface area contributed by atoms with Crippen molar-refractivity contribution in [2.75, 3.05) is 13.2 Å². The first-order valence-electron chi connectivity index (χ1n) is 5.49. The second-order valence-corrected chi connectivity index (χ2v) is 4.91. The number of nitrogens with zero attached hydrogens (tertiary/aromatic N) is 1. The summed E-state index contributed by atoms with van der Waals surface area (Å²) in [6, 6.07) is -0.215. The lowest BCUT2D eigenvalue weighted by Gasteiger charge is -2.36. The molecule has 4 unspecified atom stereocenters. The van der Waals surface area contributed by atoms with Gasteiger partial charge in [-0.25, -0.2) is 0 Å². The maximum atomic E-state index is 11.6. The van der Waals surface area contributed by atoms with Crippen LogP contribution in [0.15, 0.2) is 0 Å². The number of hydrogen-bond acceptors (Lipinski definition) is 3. The van der Waals surface area contributed by atoms with Crippen LogP contribution in [0.2, 0.25) is 0 Å². The van der Waals surface area contributed by atoms with Crippen molar-refractivity contribution in [1.82, 2.24) is 4.90 Å². The van der Waals surface area contributed by atoms with Crippen LogP contribution in [-0.4, -0.2) is 41.4 Å². The van der Waals surface area contributed by atoms with Crippen molar-refractivity contribution >= 4 is 11.7 Å². The fraction of sp³-hybridized carbons (Fsp3) is 0.818. The molecule has 3 rings (SSSR count). The standard InChI is InChI=1S/C11H15NO3/c1-6(13)10-9-8(5-12(10)7(2)14)11(9)3-4-15-11/h8-10H,3-5H2,1-2H3. The molecule has 0 aromatic carbocycles. The zero-order chi connectivity index (χ0) is 10.8. The average molecular weight is 209 g/mol. The van der Waals surface area contributed by atoms with Crippen LogP contribution in [0.3, 0.4) is 0 Å². The van der Waals surface area contributed by atoms with E-state index in [-0.39, 0.29) is 29.3 Å². The normalized spacial score (nSPS) is 46.3. The van der Waals surface area contributed by atoms with E-state index < -0.39 is 0 Å². The van der Waals surface area contributed by atoms with Crippen molar-refractivity contribution in [2.45, 2.75) is 31.9 Å². The molecular weight excluding hydrogens is 194 g/mol. The van der Waals surface area contributed by atoms with E-state index >= 15 is 0 Å². The first kappa shape index (κ1) is 9.33. The summed E-state index contributed by atoms with van der Waals surface area (Å²) in [5.74, 6) is 0.818. The van der Waals surface area contributed by atoms with Gasteiger partial charge in [0.2, 0.25) is 5.91 Å². The Hall–Kier alpha value is -0.900. The SMILES string of the molecule is CC(=O)C1C2C(CN1C(C)=O)C21CCO1. The van der Waals surface area contributed by atoms with E-state index in [1.165, 1.54) is 6.92 Å². The third kappa shape index (κ3) is 0.956. The van der Waals surface area contributed by atoms with Gasteiger partial charge in [-0.15, -0.1) is 0 Å². The Labute approximate surface area is 88.6 Å². The molecule has 1 spiro atoms. The molecule has 0 aromatic heterocycles. The fourth-order valence-corrected chi connectivity index (χ4v) is 3.49. The van der Waals surface area contributed by atoms with Crippen molar-refractivity contribution in [3.8, 4) is 0 Å². The number of fused-ring (bicyclic) bond motifs is 3. The lowest BCUT2D eigenvalue weighted by molar-refractivity contribution is -0.145. The molecule has 0 radical (unpaired) electrons. The summed E-state index contributed by atoms with van der Waals surface area (Å²) in [5.41, 5.74) is -0.0116. The summed E-state index contributed by atoms with van der Waals surface area (Å²) in [6.45, 7) is 4.64. The van der Waals surface area contributed by atoms with Gasteiger partial charge in [0.25, 0.3) is 0 Å². The zero-order valence-electron chi connectivity index (χ0n) is 9.03. The predicted molar refractivity (Wildman–Crippen MR) is 52.1 cm³/mol. The molecule has 0 bridgehead atoms. The number of ether oxygens (including phenoxy) is 1. The first-order chi connectivity index (χ1) is 7.08. The minimum absolute atomic E-state index is 0.0110. The van der Waals surface area contributed by atoms with E-state index in [9.17, 15) is 9.59 Å². The Bertz CT molecular complexity index is 348. The number of likely N-dealkylation sites (tertiary alicyclic amines) is 1. The fourth-order valence-electron chi connectivity index (χ4n) is 3.49. The van der Waals surface area contributed by atoms with Crippen LogP contribution in [0.1, 0.15) is 20.3 Å². The molecular formula is C11H15NO3. The molecule has 0 N–H and O–H groups in total. The highest BCUT2D eigenvalue weighted by molar-refractivity contribution is 5.89. The Morgan fingerprint density at radius 3 is 2.47 bits per heavy atom. The van der Waals surface area contributed by atoms with Crippen molar-refractivity contribution in [2.24, 2.45) is 11.8 Å². The van der Waals surface area contributed by atoms with Crippen molar-refractivity contribution in [3.05, 3.63) is 0 Å². The van der Waals surface area contributed by atoms with Gasteiger partial charge in [0, 0.05) is 31.7 Å². The lowest BCUT2D eigenvalue weighted by Crippen LogP contribution is -2.49. The van der Waals surface area contributed by atoms with Crippen LogP contribution in [0.25, 0.3) is 0 Å². The number of carbonyl (C=O) groups is 2. The summed E-state index contributed by atoms with van der Waals surface area (Å²) in [5, 5.41) is 0. The van der Waals surface area contributed by atoms with Crippen LogP contribution >= 0.6 is 0 Å². The van der Waals surface area contributed by atoms with Gasteiger partial charge in [0.15, 0.2) is 5.78 Å². The molecule has 2 heterocycles. The second-order valence-electron chi connectivity index (χ2n) is 4.91. The van der Waals surface area contributed by atoms with Gasteiger partial charge in [0.05, 0.1) is 18.2 Å². The van der Waals surface area contributed by atoms with Crippen LogP contribution in [0.5, 0.6) is 0 Å². The van der Waals surface area contributed by atoms with Gasteiger partial charge in [-0.1, -0.05) is 0 Å². The number of Topliss-reactive ketones (excluding diaryl/α,β-unsaturated/α-hetero) is 1. The maximum absolute atomic E-state index is 11.6. The molecule has 15 heavy (non-hydrogen) atoms. The molecule has 3 aliphatic rings.